The second kappa shape index (κ2) is 8.77. The van der Waals surface area contributed by atoms with Gasteiger partial charge >= 0.3 is 0 Å². The number of unbranched alkanes of at least 4 members (excludes halogenated alkanes) is 1. The van der Waals surface area contributed by atoms with Crippen LogP contribution in [0.3, 0.4) is 0 Å². The van der Waals surface area contributed by atoms with E-state index < -0.39 is 0 Å². The zero-order valence-corrected chi connectivity index (χ0v) is 11.3. The van der Waals surface area contributed by atoms with Crippen molar-refractivity contribution in [3.8, 4) is 0 Å². The maximum absolute atomic E-state index is 11.6. The molecule has 94 valence electrons. The number of rotatable bonds is 9. The molecule has 0 saturated heterocycles. The molecule has 0 aliphatic rings. The van der Waals surface area contributed by atoms with Crippen LogP contribution in [0, 0.1) is 0 Å². The molecule has 0 heterocycles. The minimum Gasteiger partial charge on any atom is -0.371 e. The number of ketones is 1. The van der Waals surface area contributed by atoms with Crippen LogP contribution in [-0.4, -0.2) is 23.9 Å². The fourth-order valence-corrected chi connectivity index (χ4v) is 1.52. The van der Waals surface area contributed by atoms with Gasteiger partial charge in [-0.05, 0) is 20.3 Å². The summed E-state index contributed by atoms with van der Waals surface area (Å²) in [4.78, 5) is 11.6. The van der Waals surface area contributed by atoms with Crippen molar-refractivity contribution in [2.75, 3.05) is 12.5 Å². The van der Waals surface area contributed by atoms with E-state index in [1.165, 1.54) is 0 Å². The highest BCUT2D eigenvalue weighted by atomic mass is 35.5. The molecule has 2 nitrogen and oxygen atoms in total. The summed E-state index contributed by atoms with van der Waals surface area (Å²) in [6.07, 6.45) is 6.91. The zero-order chi connectivity index (χ0) is 12.4. The molecule has 0 aliphatic carbocycles. The van der Waals surface area contributed by atoms with Gasteiger partial charge in [-0.15, -0.1) is 11.6 Å². The fraction of sp³-hybridized carbons (Fsp3) is 0.769. The van der Waals surface area contributed by atoms with E-state index in [0.717, 1.165) is 12.8 Å². The van der Waals surface area contributed by atoms with Crippen molar-refractivity contribution >= 4 is 17.4 Å². The standard InChI is InChI=1S/C13H23ClO2/c1-4-5-8-12(15)11-13(2,3)16-10-7-6-9-14/h6-7H,4-5,8-11H2,1-3H3/b7-6+. The van der Waals surface area contributed by atoms with Crippen molar-refractivity contribution < 1.29 is 9.53 Å². The summed E-state index contributed by atoms with van der Waals surface area (Å²) < 4.78 is 5.62. The first-order valence-electron chi connectivity index (χ1n) is 5.88. The quantitative estimate of drug-likeness (QED) is 0.458. The zero-order valence-electron chi connectivity index (χ0n) is 10.6. The predicted octanol–water partition coefficient (Wildman–Crippen LogP) is 3.73. The summed E-state index contributed by atoms with van der Waals surface area (Å²) in [7, 11) is 0. The molecule has 0 rings (SSSR count). The van der Waals surface area contributed by atoms with Crippen LogP contribution in [0.25, 0.3) is 0 Å². The van der Waals surface area contributed by atoms with Gasteiger partial charge in [0.25, 0.3) is 0 Å². The van der Waals surface area contributed by atoms with Crippen LogP contribution in [-0.2, 0) is 9.53 Å². The fourth-order valence-electron chi connectivity index (χ4n) is 1.39. The molecule has 0 aliphatic heterocycles. The SMILES string of the molecule is CCCCC(=O)CC(C)(C)OC/C=C/CCl. The maximum atomic E-state index is 11.6. The van der Waals surface area contributed by atoms with Crippen molar-refractivity contribution in [1.82, 2.24) is 0 Å². The minimum atomic E-state index is -0.374. The van der Waals surface area contributed by atoms with E-state index in [1.54, 1.807) is 0 Å². The van der Waals surface area contributed by atoms with Crippen LogP contribution < -0.4 is 0 Å². The molecule has 0 unspecified atom stereocenters. The number of carbonyl (C=O) groups is 1. The lowest BCUT2D eigenvalue weighted by Gasteiger charge is -2.23. The number of carbonyl (C=O) groups excluding carboxylic acids is 1. The minimum absolute atomic E-state index is 0.285. The van der Waals surface area contributed by atoms with Gasteiger partial charge in [0, 0.05) is 18.7 Å². The summed E-state index contributed by atoms with van der Waals surface area (Å²) in [5, 5.41) is 0. The molecular formula is C13H23ClO2. The van der Waals surface area contributed by atoms with Crippen LogP contribution in [0.2, 0.25) is 0 Å². The number of alkyl halides is 1. The van der Waals surface area contributed by atoms with Crippen LogP contribution in [0.1, 0.15) is 46.5 Å². The van der Waals surface area contributed by atoms with Crippen molar-refractivity contribution in [2.45, 2.75) is 52.1 Å². The smallest absolute Gasteiger partial charge is 0.135 e. The molecular weight excluding hydrogens is 224 g/mol. The Morgan fingerprint density at radius 2 is 2.06 bits per heavy atom. The van der Waals surface area contributed by atoms with Gasteiger partial charge in [-0.1, -0.05) is 25.5 Å². The summed E-state index contributed by atoms with van der Waals surface area (Å²) >= 11 is 5.50. The van der Waals surface area contributed by atoms with E-state index in [4.69, 9.17) is 16.3 Å². The molecule has 3 heteroatoms. The summed E-state index contributed by atoms with van der Waals surface area (Å²) in [5.41, 5.74) is -0.374. The number of ether oxygens (including phenoxy) is 1. The molecule has 0 aromatic heterocycles. The lowest BCUT2D eigenvalue weighted by Crippen LogP contribution is -2.28. The molecule has 0 fully saturated rings. The lowest BCUT2D eigenvalue weighted by molar-refractivity contribution is -0.124. The van der Waals surface area contributed by atoms with E-state index in [2.05, 4.69) is 6.92 Å². The first kappa shape index (κ1) is 15.7. The largest absolute Gasteiger partial charge is 0.371 e. The molecule has 0 aromatic rings. The van der Waals surface area contributed by atoms with Gasteiger partial charge in [0.2, 0.25) is 0 Å². The predicted molar refractivity (Wildman–Crippen MR) is 69.0 cm³/mol. The first-order valence-corrected chi connectivity index (χ1v) is 6.42. The second-order valence-corrected chi connectivity index (χ2v) is 4.82. The van der Waals surface area contributed by atoms with Gasteiger partial charge in [0.15, 0.2) is 0 Å². The first-order chi connectivity index (χ1) is 7.52. The number of Topliss-reactive ketones (excluding diaryl/α,β-unsaturated/α-hetero) is 1. The van der Waals surface area contributed by atoms with Gasteiger partial charge in [-0.25, -0.2) is 0 Å². The summed E-state index contributed by atoms with van der Waals surface area (Å²) in [5.74, 6) is 0.785. The van der Waals surface area contributed by atoms with Gasteiger partial charge in [-0.2, -0.15) is 0 Å². The van der Waals surface area contributed by atoms with Crippen LogP contribution in [0.5, 0.6) is 0 Å². The van der Waals surface area contributed by atoms with Gasteiger partial charge in [0.05, 0.1) is 12.2 Å². The Kier molecular flexibility index (Phi) is 8.58. The highest BCUT2D eigenvalue weighted by molar-refractivity contribution is 6.18. The van der Waals surface area contributed by atoms with Crippen LogP contribution in [0.4, 0.5) is 0 Å². The Labute approximate surface area is 104 Å². The molecule has 0 N–H and O–H groups in total. The van der Waals surface area contributed by atoms with Crippen molar-refractivity contribution in [3.05, 3.63) is 12.2 Å². The van der Waals surface area contributed by atoms with E-state index in [-0.39, 0.29) is 11.4 Å². The Bertz CT molecular complexity index is 222. The van der Waals surface area contributed by atoms with Gasteiger partial charge in [-0.3, -0.25) is 4.79 Å². The number of hydrogen-bond donors (Lipinski definition) is 0. The summed E-state index contributed by atoms with van der Waals surface area (Å²) in [6.45, 7) is 6.50. The normalized spacial score (nSPS) is 12.2. The lowest BCUT2D eigenvalue weighted by atomic mass is 9.99. The van der Waals surface area contributed by atoms with Crippen molar-refractivity contribution in [3.63, 3.8) is 0 Å². The highest BCUT2D eigenvalue weighted by Gasteiger charge is 2.21. The van der Waals surface area contributed by atoms with E-state index in [0.29, 0.717) is 25.3 Å². The molecule has 16 heavy (non-hydrogen) atoms. The van der Waals surface area contributed by atoms with Crippen molar-refractivity contribution in [2.24, 2.45) is 0 Å². The van der Waals surface area contributed by atoms with Gasteiger partial charge in [0.1, 0.15) is 5.78 Å². The van der Waals surface area contributed by atoms with Gasteiger partial charge < -0.3 is 4.74 Å². The molecule has 0 spiro atoms. The van der Waals surface area contributed by atoms with Crippen molar-refractivity contribution in [1.29, 1.82) is 0 Å². The molecule has 0 radical (unpaired) electrons. The molecule has 0 aromatic carbocycles. The van der Waals surface area contributed by atoms with E-state index in [9.17, 15) is 4.79 Å². The Hall–Kier alpha value is -0.340. The second-order valence-electron chi connectivity index (χ2n) is 4.52. The Balaban J connectivity index is 3.84. The third-order valence-corrected chi connectivity index (χ3v) is 2.44. The average molecular weight is 247 g/mol. The maximum Gasteiger partial charge on any atom is 0.135 e. The third kappa shape index (κ3) is 8.93. The Morgan fingerprint density at radius 1 is 1.38 bits per heavy atom. The number of allylic oxidation sites excluding steroid dienone is 1. The van der Waals surface area contributed by atoms with Crippen LogP contribution in [0.15, 0.2) is 12.2 Å². The van der Waals surface area contributed by atoms with E-state index >= 15 is 0 Å². The average Bonchev–Trinajstić information content (AvgIpc) is 2.21. The summed E-state index contributed by atoms with van der Waals surface area (Å²) in [6, 6.07) is 0. The molecule has 0 amide bonds. The topological polar surface area (TPSA) is 26.3 Å². The van der Waals surface area contributed by atoms with Crippen LogP contribution >= 0.6 is 11.6 Å². The molecule has 0 bridgehead atoms. The monoisotopic (exact) mass is 246 g/mol. The molecule has 0 atom stereocenters. The highest BCUT2D eigenvalue weighted by Crippen LogP contribution is 2.16. The Morgan fingerprint density at radius 3 is 2.62 bits per heavy atom. The molecule has 0 saturated carbocycles. The number of halogens is 1. The number of hydrogen-bond acceptors (Lipinski definition) is 2. The van der Waals surface area contributed by atoms with E-state index in [1.807, 2.05) is 26.0 Å². The third-order valence-electron chi connectivity index (χ3n) is 2.26.